The van der Waals surface area contributed by atoms with Crippen LogP contribution in [-0.2, 0) is 23.9 Å². The second-order valence-corrected chi connectivity index (χ2v) is 8.06. The predicted octanol–water partition coefficient (Wildman–Crippen LogP) is 4.71. The van der Waals surface area contributed by atoms with Gasteiger partial charge in [0.15, 0.2) is 0 Å². The highest BCUT2D eigenvalue weighted by molar-refractivity contribution is 5.73. The predicted molar refractivity (Wildman–Crippen MR) is 115 cm³/mol. The van der Waals surface area contributed by atoms with Gasteiger partial charge >= 0.3 is 11.9 Å². The van der Waals surface area contributed by atoms with Crippen LogP contribution >= 0.6 is 0 Å². The second kappa shape index (κ2) is 17.0. The molecule has 0 saturated carbocycles. The molecule has 0 rings (SSSR count). The van der Waals surface area contributed by atoms with E-state index in [9.17, 15) is 14.4 Å². The van der Waals surface area contributed by atoms with Crippen molar-refractivity contribution in [3.63, 3.8) is 0 Å². The zero-order valence-electron chi connectivity index (χ0n) is 19.0. The Balaban J connectivity index is 4.29. The summed E-state index contributed by atoms with van der Waals surface area (Å²) < 4.78 is 10.3. The molecule has 0 aliphatic heterocycles. The van der Waals surface area contributed by atoms with Crippen molar-refractivity contribution in [1.29, 1.82) is 0 Å². The number of carbonyl (C=O) groups is 3. The van der Waals surface area contributed by atoms with Crippen LogP contribution in [-0.4, -0.2) is 36.6 Å². The molecule has 0 fully saturated rings. The Morgan fingerprint density at radius 2 is 1.45 bits per heavy atom. The maximum absolute atomic E-state index is 11.4. The third-order valence-electron chi connectivity index (χ3n) is 4.53. The number of unbranched alkanes of at least 4 members (excludes halogenated alkanes) is 7. The molecule has 0 aliphatic rings. The summed E-state index contributed by atoms with van der Waals surface area (Å²) in [7, 11) is 0. The average molecular weight is 412 g/mol. The van der Waals surface area contributed by atoms with E-state index in [4.69, 9.17) is 9.47 Å². The summed E-state index contributed by atoms with van der Waals surface area (Å²) in [5, 5.41) is 2.69. The van der Waals surface area contributed by atoms with E-state index in [-0.39, 0.29) is 12.5 Å². The van der Waals surface area contributed by atoms with Gasteiger partial charge in [-0.15, -0.1) is 0 Å². The quantitative estimate of drug-likeness (QED) is 0.226. The Bertz CT molecular complexity index is 501. The molecule has 0 aromatic carbocycles. The minimum atomic E-state index is -0.670. The van der Waals surface area contributed by atoms with E-state index >= 15 is 0 Å². The highest BCUT2D eigenvalue weighted by Gasteiger charge is 2.24. The maximum Gasteiger partial charge on any atom is 0.303 e. The minimum Gasteiger partial charge on any atom is -0.464 e. The number of nitrogens with one attached hydrogen (secondary N) is 1. The van der Waals surface area contributed by atoms with Gasteiger partial charge in [-0.1, -0.05) is 64.9 Å². The van der Waals surface area contributed by atoms with Crippen LogP contribution in [0, 0.1) is 5.92 Å². The zero-order chi connectivity index (χ0) is 22.1. The molecule has 1 N–H and O–H groups in total. The van der Waals surface area contributed by atoms with E-state index in [1.54, 1.807) is 6.08 Å². The van der Waals surface area contributed by atoms with Crippen molar-refractivity contribution in [3.8, 4) is 0 Å². The number of hydrogen-bond acceptors (Lipinski definition) is 5. The molecule has 0 saturated heterocycles. The van der Waals surface area contributed by atoms with Gasteiger partial charge < -0.3 is 14.8 Å². The van der Waals surface area contributed by atoms with Gasteiger partial charge in [-0.2, -0.15) is 0 Å². The molecule has 0 aromatic rings. The summed E-state index contributed by atoms with van der Waals surface area (Å²) in [5.41, 5.74) is 0. The van der Waals surface area contributed by atoms with Crippen molar-refractivity contribution in [1.82, 2.24) is 5.32 Å². The zero-order valence-corrected chi connectivity index (χ0v) is 19.0. The number of amides is 1. The molecule has 0 aliphatic carbocycles. The molecule has 29 heavy (non-hydrogen) atoms. The fourth-order valence-electron chi connectivity index (χ4n) is 3.06. The Morgan fingerprint density at radius 3 is 1.97 bits per heavy atom. The Hall–Kier alpha value is -1.85. The van der Waals surface area contributed by atoms with Crippen molar-refractivity contribution < 1.29 is 23.9 Å². The van der Waals surface area contributed by atoms with E-state index in [0.717, 1.165) is 18.8 Å². The molecule has 0 radical (unpaired) electrons. The Morgan fingerprint density at radius 1 is 0.862 bits per heavy atom. The molecular weight excluding hydrogens is 370 g/mol. The topological polar surface area (TPSA) is 81.7 Å². The van der Waals surface area contributed by atoms with Gasteiger partial charge in [0.2, 0.25) is 5.91 Å². The molecule has 0 unspecified atom stereocenters. The van der Waals surface area contributed by atoms with Crippen LogP contribution < -0.4 is 5.32 Å². The second-order valence-electron chi connectivity index (χ2n) is 8.06. The van der Waals surface area contributed by atoms with Gasteiger partial charge in [0.05, 0.1) is 0 Å². The Kier molecular flexibility index (Phi) is 16.0. The van der Waals surface area contributed by atoms with Crippen molar-refractivity contribution in [3.05, 3.63) is 12.2 Å². The lowest BCUT2D eigenvalue weighted by Crippen LogP contribution is -2.46. The van der Waals surface area contributed by atoms with Crippen molar-refractivity contribution >= 4 is 17.8 Å². The van der Waals surface area contributed by atoms with Crippen molar-refractivity contribution in [2.45, 2.75) is 105 Å². The standard InChI is InChI=1S/C23H41NO5/c1-18(2)15-13-11-9-7-6-8-10-12-14-16-23(29-21(5)27)22(24-19(3)25)17-28-20(4)26/h14,16,18,22-23H,6-13,15,17H2,1-5H3,(H,24,25)/b16-14+/t22-,23+/m0/s1. The molecule has 168 valence electrons. The summed E-state index contributed by atoms with van der Waals surface area (Å²) in [6, 6.07) is -0.609. The van der Waals surface area contributed by atoms with Gasteiger partial charge in [-0.25, -0.2) is 0 Å². The third-order valence-corrected chi connectivity index (χ3v) is 4.53. The number of esters is 2. The molecule has 0 aromatic heterocycles. The van der Waals surface area contributed by atoms with E-state index < -0.39 is 24.1 Å². The first kappa shape index (κ1) is 27.1. The highest BCUT2D eigenvalue weighted by Crippen LogP contribution is 2.13. The normalized spacial score (nSPS) is 13.3. The smallest absolute Gasteiger partial charge is 0.303 e. The van der Waals surface area contributed by atoms with E-state index in [1.165, 1.54) is 65.7 Å². The lowest BCUT2D eigenvalue weighted by Gasteiger charge is -2.24. The number of hydrogen-bond donors (Lipinski definition) is 1. The summed E-state index contributed by atoms with van der Waals surface area (Å²) in [4.78, 5) is 34.0. The Labute approximate surface area is 176 Å². The minimum absolute atomic E-state index is 0.0476. The van der Waals surface area contributed by atoms with Gasteiger partial charge in [0.25, 0.3) is 0 Å². The molecule has 2 atom stereocenters. The van der Waals surface area contributed by atoms with Crippen LogP contribution in [0.2, 0.25) is 0 Å². The molecule has 6 nitrogen and oxygen atoms in total. The average Bonchev–Trinajstić information content (AvgIpc) is 2.61. The van der Waals surface area contributed by atoms with Gasteiger partial charge in [-0.05, 0) is 24.8 Å². The fraction of sp³-hybridized carbons (Fsp3) is 0.783. The largest absolute Gasteiger partial charge is 0.464 e. The third kappa shape index (κ3) is 17.9. The molecule has 0 heterocycles. The van der Waals surface area contributed by atoms with Crippen LogP contribution in [0.15, 0.2) is 12.2 Å². The monoisotopic (exact) mass is 411 g/mol. The van der Waals surface area contributed by atoms with Crippen molar-refractivity contribution in [2.24, 2.45) is 5.92 Å². The van der Waals surface area contributed by atoms with E-state index in [2.05, 4.69) is 19.2 Å². The number of rotatable bonds is 16. The molecule has 0 bridgehead atoms. The van der Waals surface area contributed by atoms with Crippen LogP contribution in [0.5, 0.6) is 0 Å². The van der Waals surface area contributed by atoms with Crippen molar-refractivity contribution in [2.75, 3.05) is 6.61 Å². The van der Waals surface area contributed by atoms with Crippen LogP contribution in [0.3, 0.4) is 0 Å². The van der Waals surface area contributed by atoms with Gasteiger partial charge in [0, 0.05) is 20.8 Å². The molecular formula is C23H41NO5. The maximum atomic E-state index is 11.4. The number of ether oxygens (including phenoxy) is 2. The first-order valence-corrected chi connectivity index (χ1v) is 11.0. The summed E-state index contributed by atoms with van der Waals surface area (Å²) in [6.45, 7) is 8.49. The molecule has 0 spiro atoms. The van der Waals surface area contributed by atoms with E-state index in [0.29, 0.717) is 0 Å². The van der Waals surface area contributed by atoms with Gasteiger partial charge in [-0.3, -0.25) is 14.4 Å². The van der Waals surface area contributed by atoms with E-state index in [1.807, 2.05) is 6.08 Å². The lowest BCUT2D eigenvalue weighted by molar-refractivity contribution is -0.149. The van der Waals surface area contributed by atoms with Gasteiger partial charge in [0.1, 0.15) is 18.8 Å². The number of carbonyl (C=O) groups excluding carboxylic acids is 3. The van der Waals surface area contributed by atoms with Crippen LogP contribution in [0.1, 0.15) is 92.4 Å². The lowest BCUT2D eigenvalue weighted by atomic mass is 10.0. The van der Waals surface area contributed by atoms with Crippen LogP contribution in [0.25, 0.3) is 0 Å². The van der Waals surface area contributed by atoms with Crippen LogP contribution in [0.4, 0.5) is 0 Å². The summed E-state index contributed by atoms with van der Waals surface area (Å²) >= 11 is 0. The first-order valence-electron chi connectivity index (χ1n) is 11.0. The first-order chi connectivity index (χ1) is 13.7. The molecule has 1 amide bonds. The molecule has 6 heteroatoms. The summed E-state index contributed by atoms with van der Waals surface area (Å²) in [5.74, 6) is -0.372. The highest BCUT2D eigenvalue weighted by atomic mass is 16.6. The fourth-order valence-corrected chi connectivity index (χ4v) is 3.06. The summed E-state index contributed by atoms with van der Waals surface area (Å²) in [6.07, 6.45) is 14.0. The number of allylic oxidation sites excluding steroid dienone is 1. The SMILES string of the molecule is CC(=O)N[C@@H](COC(C)=O)[C@@H](/C=C/CCCCCCCCCC(C)C)OC(C)=O.